The standard InChI is InChI=1S/C11H10F3NO4S/c12-11(13,14)20-8-4-2-1-3-6(8)9(17)15-5-7(16)10(18)19/h1-4,7,16H,5H2,(H,15,17)(H,18,19). The Bertz CT molecular complexity index is 507. The monoisotopic (exact) mass is 309 g/mol. The minimum absolute atomic E-state index is 0.243. The molecule has 20 heavy (non-hydrogen) atoms. The van der Waals surface area contributed by atoms with E-state index in [-0.39, 0.29) is 10.5 Å². The van der Waals surface area contributed by atoms with E-state index in [1.807, 2.05) is 0 Å². The van der Waals surface area contributed by atoms with E-state index in [0.717, 1.165) is 6.07 Å². The molecule has 110 valence electrons. The molecule has 1 aromatic carbocycles. The number of nitrogens with one attached hydrogen (secondary N) is 1. The number of carboxylic acid groups (broad SMARTS) is 1. The third-order valence-electron chi connectivity index (χ3n) is 2.10. The minimum Gasteiger partial charge on any atom is -0.479 e. The predicted molar refractivity (Wildman–Crippen MR) is 64.3 cm³/mol. The maximum Gasteiger partial charge on any atom is 0.446 e. The number of carbonyl (C=O) groups excluding carboxylic acids is 1. The highest BCUT2D eigenvalue weighted by Crippen LogP contribution is 2.38. The Morgan fingerprint density at radius 2 is 1.90 bits per heavy atom. The van der Waals surface area contributed by atoms with Gasteiger partial charge in [0.05, 0.1) is 12.1 Å². The van der Waals surface area contributed by atoms with Gasteiger partial charge in [0.15, 0.2) is 6.10 Å². The van der Waals surface area contributed by atoms with E-state index in [4.69, 9.17) is 10.2 Å². The van der Waals surface area contributed by atoms with Crippen LogP contribution in [0.1, 0.15) is 10.4 Å². The Morgan fingerprint density at radius 3 is 2.45 bits per heavy atom. The van der Waals surface area contributed by atoms with Crippen LogP contribution in [0.15, 0.2) is 29.2 Å². The van der Waals surface area contributed by atoms with Crippen molar-refractivity contribution < 1.29 is 33.0 Å². The second-order valence-corrected chi connectivity index (χ2v) is 4.71. The summed E-state index contributed by atoms with van der Waals surface area (Å²) in [6.45, 7) is -0.598. The molecule has 0 aliphatic heterocycles. The van der Waals surface area contributed by atoms with E-state index in [1.165, 1.54) is 18.2 Å². The number of carbonyl (C=O) groups is 2. The van der Waals surface area contributed by atoms with Crippen molar-refractivity contribution in [2.24, 2.45) is 0 Å². The zero-order chi connectivity index (χ0) is 15.3. The predicted octanol–water partition coefficient (Wildman–Crippen LogP) is 1.47. The summed E-state index contributed by atoms with van der Waals surface area (Å²) in [5.41, 5.74) is -4.79. The summed E-state index contributed by atoms with van der Waals surface area (Å²) in [4.78, 5) is 21.7. The molecule has 9 heteroatoms. The number of amides is 1. The van der Waals surface area contributed by atoms with Gasteiger partial charge >= 0.3 is 11.5 Å². The summed E-state index contributed by atoms with van der Waals surface area (Å²) in [5, 5.41) is 19.5. The summed E-state index contributed by atoms with van der Waals surface area (Å²) in [6, 6.07) is 5.02. The van der Waals surface area contributed by atoms with Crippen LogP contribution in [0.3, 0.4) is 0 Å². The normalized spacial score (nSPS) is 12.8. The fourth-order valence-corrected chi connectivity index (χ4v) is 1.91. The number of carboxylic acids is 1. The van der Waals surface area contributed by atoms with E-state index < -0.39 is 41.8 Å². The van der Waals surface area contributed by atoms with E-state index in [9.17, 15) is 22.8 Å². The number of rotatable bonds is 5. The maximum absolute atomic E-state index is 12.3. The molecule has 0 saturated heterocycles. The highest BCUT2D eigenvalue weighted by Gasteiger charge is 2.31. The van der Waals surface area contributed by atoms with Crippen molar-refractivity contribution in [2.45, 2.75) is 16.5 Å². The fraction of sp³-hybridized carbons (Fsp3) is 0.273. The highest BCUT2D eigenvalue weighted by atomic mass is 32.2. The highest BCUT2D eigenvalue weighted by molar-refractivity contribution is 8.00. The lowest BCUT2D eigenvalue weighted by molar-refractivity contribution is -0.146. The summed E-state index contributed by atoms with van der Waals surface area (Å²) >= 11 is -0.443. The molecule has 0 heterocycles. The Labute approximate surface area is 115 Å². The smallest absolute Gasteiger partial charge is 0.446 e. The SMILES string of the molecule is O=C(NCC(O)C(=O)O)c1ccccc1SC(F)(F)F. The van der Waals surface area contributed by atoms with Gasteiger partial charge in [-0.1, -0.05) is 12.1 Å². The third kappa shape index (κ3) is 5.10. The second kappa shape index (κ2) is 6.62. The Morgan fingerprint density at radius 1 is 1.30 bits per heavy atom. The molecule has 0 spiro atoms. The van der Waals surface area contributed by atoms with Gasteiger partial charge in [0, 0.05) is 4.90 Å². The Hall–Kier alpha value is -1.74. The number of hydrogen-bond donors (Lipinski definition) is 3. The molecule has 1 atom stereocenters. The largest absolute Gasteiger partial charge is 0.479 e. The number of alkyl halides is 3. The molecule has 0 radical (unpaired) electrons. The van der Waals surface area contributed by atoms with Crippen molar-refractivity contribution in [1.82, 2.24) is 5.32 Å². The van der Waals surface area contributed by atoms with Crippen LogP contribution in [0.5, 0.6) is 0 Å². The Kier molecular flexibility index (Phi) is 5.40. The van der Waals surface area contributed by atoms with Gasteiger partial charge in [0.25, 0.3) is 5.91 Å². The number of aliphatic hydroxyl groups is 1. The molecule has 0 bridgehead atoms. The van der Waals surface area contributed by atoms with Gasteiger partial charge < -0.3 is 15.5 Å². The summed E-state index contributed by atoms with van der Waals surface area (Å²) in [5.74, 6) is -2.43. The van der Waals surface area contributed by atoms with Gasteiger partial charge in [0.2, 0.25) is 0 Å². The van der Waals surface area contributed by atoms with Crippen molar-refractivity contribution in [3.05, 3.63) is 29.8 Å². The molecule has 0 fully saturated rings. The van der Waals surface area contributed by atoms with E-state index in [0.29, 0.717) is 0 Å². The van der Waals surface area contributed by atoms with Crippen LogP contribution in [-0.2, 0) is 4.79 Å². The van der Waals surface area contributed by atoms with Crippen molar-refractivity contribution in [3.8, 4) is 0 Å². The lowest BCUT2D eigenvalue weighted by Gasteiger charge is -2.12. The summed E-state index contributed by atoms with van der Waals surface area (Å²) < 4.78 is 37.0. The van der Waals surface area contributed by atoms with E-state index >= 15 is 0 Å². The minimum atomic E-state index is -4.54. The average molecular weight is 309 g/mol. The van der Waals surface area contributed by atoms with Crippen molar-refractivity contribution >= 4 is 23.6 Å². The van der Waals surface area contributed by atoms with Gasteiger partial charge in [-0.05, 0) is 23.9 Å². The fourth-order valence-electron chi connectivity index (χ4n) is 1.24. The molecular formula is C11H10F3NO4S. The summed E-state index contributed by atoms with van der Waals surface area (Å²) in [6.07, 6.45) is -1.82. The lowest BCUT2D eigenvalue weighted by Crippen LogP contribution is -2.36. The lowest BCUT2D eigenvalue weighted by atomic mass is 10.2. The molecule has 1 amide bonds. The zero-order valence-corrected chi connectivity index (χ0v) is 10.7. The van der Waals surface area contributed by atoms with Crippen LogP contribution in [0, 0.1) is 0 Å². The molecule has 0 aliphatic rings. The number of halogens is 3. The molecule has 3 N–H and O–H groups in total. The van der Waals surface area contributed by atoms with Gasteiger partial charge in [-0.2, -0.15) is 13.2 Å². The second-order valence-electron chi connectivity index (χ2n) is 3.61. The number of thioether (sulfide) groups is 1. The third-order valence-corrected chi connectivity index (χ3v) is 2.91. The number of benzene rings is 1. The summed E-state index contributed by atoms with van der Waals surface area (Å²) in [7, 11) is 0. The molecule has 0 aromatic heterocycles. The van der Waals surface area contributed by atoms with Crippen molar-refractivity contribution in [3.63, 3.8) is 0 Å². The first kappa shape index (κ1) is 16.3. The van der Waals surface area contributed by atoms with Crippen molar-refractivity contribution in [2.75, 3.05) is 6.54 Å². The molecule has 1 rings (SSSR count). The number of hydrogen-bond acceptors (Lipinski definition) is 4. The maximum atomic E-state index is 12.3. The Balaban J connectivity index is 2.80. The molecule has 0 saturated carbocycles. The molecule has 1 unspecified atom stereocenters. The van der Waals surface area contributed by atoms with E-state index in [1.54, 1.807) is 0 Å². The van der Waals surface area contributed by atoms with Crippen molar-refractivity contribution in [1.29, 1.82) is 0 Å². The first-order valence-corrected chi connectivity index (χ1v) is 6.06. The van der Waals surface area contributed by atoms with Gasteiger partial charge in [0.1, 0.15) is 0 Å². The van der Waals surface area contributed by atoms with Gasteiger partial charge in [-0.15, -0.1) is 0 Å². The van der Waals surface area contributed by atoms with Crippen LogP contribution < -0.4 is 5.32 Å². The van der Waals surface area contributed by atoms with Gasteiger partial charge in [-0.25, -0.2) is 4.79 Å². The van der Waals surface area contributed by atoms with E-state index in [2.05, 4.69) is 5.32 Å². The van der Waals surface area contributed by atoms with Crippen LogP contribution in [0.4, 0.5) is 13.2 Å². The topological polar surface area (TPSA) is 86.6 Å². The number of aliphatic carboxylic acids is 1. The average Bonchev–Trinajstić information content (AvgIpc) is 2.34. The van der Waals surface area contributed by atoms with Crippen LogP contribution in [-0.4, -0.2) is 40.2 Å². The molecular weight excluding hydrogens is 299 g/mol. The van der Waals surface area contributed by atoms with Crippen LogP contribution in [0.2, 0.25) is 0 Å². The quantitative estimate of drug-likeness (QED) is 0.717. The number of aliphatic hydroxyl groups excluding tert-OH is 1. The molecule has 5 nitrogen and oxygen atoms in total. The van der Waals surface area contributed by atoms with Crippen LogP contribution in [0.25, 0.3) is 0 Å². The molecule has 0 aliphatic carbocycles. The van der Waals surface area contributed by atoms with Crippen LogP contribution >= 0.6 is 11.8 Å². The zero-order valence-electron chi connectivity index (χ0n) is 9.85. The molecule has 1 aromatic rings. The van der Waals surface area contributed by atoms with Gasteiger partial charge in [-0.3, -0.25) is 4.79 Å². The first-order valence-electron chi connectivity index (χ1n) is 5.24. The first-order chi connectivity index (χ1) is 9.20.